The van der Waals surface area contributed by atoms with Gasteiger partial charge in [-0.3, -0.25) is 0 Å². The van der Waals surface area contributed by atoms with Gasteiger partial charge in [0.05, 0.1) is 14.2 Å². The maximum atomic E-state index is 6.26. The van der Waals surface area contributed by atoms with Gasteiger partial charge in [-0.1, -0.05) is 24.1 Å². The zero-order chi connectivity index (χ0) is 13.0. The summed E-state index contributed by atoms with van der Waals surface area (Å²) in [7, 11) is 3.27. The van der Waals surface area contributed by atoms with Gasteiger partial charge in [0.15, 0.2) is 0 Å². The topological polar surface area (TPSA) is 30.5 Å². The zero-order valence-electron chi connectivity index (χ0n) is 11.0. The SMILES string of the molecule is COc1ccc(CC2CCCCN2)c(OC)c1Cl. The highest BCUT2D eigenvalue weighted by Crippen LogP contribution is 2.37. The second kappa shape index (κ2) is 6.30. The van der Waals surface area contributed by atoms with Crippen LogP contribution in [0.3, 0.4) is 0 Å². The molecule has 1 aromatic rings. The van der Waals surface area contributed by atoms with Crippen molar-refractivity contribution in [2.24, 2.45) is 0 Å². The highest BCUT2D eigenvalue weighted by Gasteiger charge is 2.18. The third-order valence-corrected chi connectivity index (χ3v) is 3.80. The predicted octanol–water partition coefficient (Wildman–Crippen LogP) is 3.04. The first-order valence-electron chi connectivity index (χ1n) is 6.39. The summed E-state index contributed by atoms with van der Waals surface area (Å²) in [5, 5.41) is 4.10. The Hall–Kier alpha value is -0.930. The Bertz CT molecular complexity index is 403. The number of nitrogens with one attached hydrogen (secondary N) is 1. The number of rotatable bonds is 4. The lowest BCUT2D eigenvalue weighted by Gasteiger charge is -2.24. The standard InChI is InChI=1S/C14H20ClNO2/c1-17-12-7-6-10(14(18-2)13(12)15)9-11-5-3-4-8-16-11/h6-7,11,16H,3-5,8-9H2,1-2H3. The monoisotopic (exact) mass is 269 g/mol. The summed E-state index contributed by atoms with van der Waals surface area (Å²) in [5.41, 5.74) is 1.14. The Labute approximate surface area is 113 Å². The number of piperidine rings is 1. The molecule has 1 heterocycles. The number of hydrogen-bond donors (Lipinski definition) is 1. The molecule has 1 atom stereocenters. The van der Waals surface area contributed by atoms with Crippen molar-refractivity contribution in [2.75, 3.05) is 20.8 Å². The minimum atomic E-state index is 0.525. The van der Waals surface area contributed by atoms with Crippen molar-refractivity contribution in [1.82, 2.24) is 5.32 Å². The molecule has 2 rings (SSSR count). The maximum Gasteiger partial charge on any atom is 0.144 e. The Morgan fingerprint density at radius 1 is 1.28 bits per heavy atom. The summed E-state index contributed by atoms with van der Waals surface area (Å²) in [6.45, 7) is 1.11. The molecule has 1 aliphatic rings. The summed E-state index contributed by atoms with van der Waals surface area (Å²) in [5.74, 6) is 1.40. The Balaban J connectivity index is 2.18. The molecule has 3 nitrogen and oxygen atoms in total. The quantitative estimate of drug-likeness (QED) is 0.911. The van der Waals surface area contributed by atoms with Crippen LogP contribution in [0, 0.1) is 0 Å². The number of hydrogen-bond acceptors (Lipinski definition) is 3. The first-order chi connectivity index (χ1) is 8.76. The number of methoxy groups -OCH3 is 2. The molecule has 1 aromatic carbocycles. The molecule has 4 heteroatoms. The van der Waals surface area contributed by atoms with Crippen LogP contribution < -0.4 is 14.8 Å². The van der Waals surface area contributed by atoms with Crippen molar-refractivity contribution in [1.29, 1.82) is 0 Å². The lowest BCUT2D eigenvalue weighted by molar-refractivity contribution is 0.375. The molecule has 0 spiro atoms. The van der Waals surface area contributed by atoms with E-state index in [0.717, 1.165) is 24.3 Å². The normalized spacial score (nSPS) is 19.6. The Morgan fingerprint density at radius 3 is 2.72 bits per heavy atom. The molecule has 0 bridgehead atoms. The first-order valence-corrected chi connectivity index (χ1v) is 6.76. The van der Waals surface area contributed by atoms with Gasteiger partial charge in [0.25, 0.3) is 0 Å². The minimum absolute atomic E-state index is 0.525. The molecule has 18 heavy (non-hydrogen) atoms. The molecule has 0 aliphatic carbocycles. The van der Waals surface area contributed by atoms with Crippen molar-refractivity contribution in [3.05, 3.63) is 22.7 Å². The van der Waals surface area contributed by atoms with E-state index in [0.29, 0.717) is 16.8 Å². The number of ether oxygens (including phenoxy) is 2. The fourth-order valence-corrected chi connectivity index (χ4v) is 2.82. The average Bonchev–Trinajstić information content (AvgIpc) is 2.40. The van der Waals surface area contributed by atoms with Crippen LogP contribution in [0.15, 0.2) is 12.1 Å². The van der Waals surface area contributed by atoms with Crippen LogP contribution in [-0.4, -0.2) is 26.8 Å². The van der Waals surface area contributed by atoms with Gasteiger partial charge in [-0.2, -0.15) is 0 Å². The van der Waals surface area contributed by atoms with Crippen molar-refractivity contribution in [3.63, 3.8) is 0 Å². The summed E-state index contributed by atoms with van der Waals surface area (Å²) in [6, 6.07) is 4.47. The van der Waals surface area contributed by atoms with Crippen LogP contribution in [-0.2, 0) is 6.42 Å². The van der Waals surface area contributed by atoms with Crippen LogP contribution in [0.1, 0.15) is 24.8 Å². The van der Waals surface area contributed by atoms with Gasteiger partial charge in [0.2, 0.25) is 0 Å². The molecule has 1 aliphatic heterocycles. The number of benzene rings is 1. The number of halogens is 1. The van der Waals surface area contributed by atoms with E-state index in [1.165, 1.54) is 19.3 Å². The van der Waals surface area contributed by atoms with E-state index in [4.69, 9.17) is 21.1 Å². The summed E-state index contributed by atoms with van der Waals surface area (Å²) >= 11 is 6.26. The third-order valence-electron chi connectivity index (χ3n) is 3.45. The summed E-state index contributed by atoms with van der Waals surface area (Å²) in [6.07, 6.45) is 4.74. The fourth-order valence-electron chi connectivity index (χ4n) is 2.48. The highest BCUT2D eigenvalue weighted by molar-refractivity contribution is 6.33. The molecule has 0 radical (unpaired) electrons. The van der Waals surface area contributed by atoms with E-state index in [9.17, 15) is 0 Å². The maximum absolute atomic E-state index is 6.26. The lowest BCUT2D eigenvalue weighted by atomic mass is 9.97. The van der Waals surface area contributed by atoms with Crippen LogP contribution >= 0.6 is 11.6 Å². The minimum Gasteiger partial charge on any atom is -0.495 e. The zero-order valence-corrected chi connectivity index (χ0v) is 11.7. The lowest BCUT2D eigenvalue weighted by Crippen LogP contribution is -2.35. The molecule has 0 aromatic heterocycles. The van der Waals surface area contributed by atoms with Gasteiger partial charge in [-0.05, 0) is 37.4 Å². The first kappa shape index (κ1) is 13.5. The molecule has 1 saturated heterocycles. The Morgan fingerprint density at radius 2 is 2.11 bits per heavy atom. The van der Waals surface area contributed by atoms with Crippen molar-refractivity contribution in [3.8, 4) is 11.5 Å². The van der Waals surface area contributed by atoms with E-state index in [2.05, 4.69) is 5.32 Å². The van der Waals surface area contributed by atoms with E-state index < -0.39 is 0 Å². The van der Waals surface area contributed by atoms with Crippen molar-refractivity contribution < 1.29 is 9.47 Å². The van der Waals surface area contributed by atoms with Gasteiger partial charge in [0, 0.05) is 6.04 Å². The summed E-state index contributed by atoms with van der Waals surface area (Å²) < 4.78 is 10.6. The second-order valence-electron chi connectivity index (χ2n) is 4.63. The highest BCUT2D eigenvalue weighted by atomic mass is 35.5. The van der Waals surface area contributed by atoms with E-state index in [1.54, 1.807) is 14.2 Å². The molecule has 1 fully saturated rings. The van der Waals surface area contributed by atoms with Crippen LogP contribution in [0.5, 0.6) is 11.5 Å². The molecule has 1 unspecified atom stereocenters. The van der Waals surface area contributed by atoms with Gasteiger partial charge >= 0.3 is 0 Å². The van der Waals surface area contributed by atoms with Crippen molar-refractivity contribution in [2.45, 2.75) is 31.7 Å². The molecule has 100 valence electrons. The van der Waals surface area contributed by atoms with E-state index in [-0.39, 0.29) is 0 Å². The van der Waals surface area contributed by atoms with Crippen LogP contribution in [0.4, 0.5) is 0 Å². The molecule has 1 N–H and O–H groups in total. The van der Waals surface area contributed by atoms with Gasteiger partial charge in [0.1, 0.15) is 16.5 Å². The third kappa shape index (κ3) is 2.90. The average molecular weight is 270 g/mol. The molecule has 0 saturated carbocycles. The van der Waals surface area contributed by atoms with Crippen molar-refractivity contribution >= 4 is 11.6 Å². The van der Waals surface area contributed by atoms with Crippen LogP contribution in [0.25, 0.3) is 0 Å². The summed E-state index contributed by atoms with van der Waals surface area (Å²) in [4.78, 5) is 0. The molecular formula is C14H20ClNO2. The van der Waals surface area contributed by atoms with Crippen LogP contribution in [0.2, 0.25) is 5.02 Å². The largest absolute Gasteiger partial charge is 0.495 e. The predicted molar refractivity (Wildman–Crippen MR) is 73.9 cm³/mol. The van der Waals surface area contributed by atoms with Gasteiger partial charge < -0.3 is 14.8 Å². The second-order valence-corrected chi connectivity index (χ2v) is 5.00. The van der Waals surface area contributed by atoms with E-state index in [1.807, 2.05) is 12.1 Å². The van der Waals surface area contributed by atoms with Gasteiger partial charge in [-0.25, -0.2) is 0 Å². The Kier molecular flexibility index (Phi) is 4.72. The molecule has 0 amide bonds. The fraction of sp³-hybridized carbons (Fsp3) is 0.571. The van der Waals surface area contributed by atoms with E-state index >= 15 is 0 Å². The molecular weight excluding hydrogens is 250 g/mol. The smallest absolute Gasteiger partial charge is 0.144 e. The van der Waals surface area contributed by atoms with Gasteiger partial charge in [-0.15, -0.1) is 0 Å².